The van der Waals surface area contributed by atoms with Crippen LogP contribution in [0.15, 0.2) is 54.6 Å². The van der Waals surface area contributed by atoms with Gasteiger partial charge in [0, 0.05) is 12.1 Å². The Kier molecular flexibility index (Phi) is 11.2. The Morgan fingerprint density at radius 1 is 0.960 bits per heavy atom. The van der Waals surface area contributed by atoms with Crippen molar-refractivity contribution in [3.8, 4) is 5.75 Å². The number of halogens is 1. The van der Waals surface area contributed by atoms with Crippen LogP contribution in [0.1, 0.15) is 56.1 Å². The van der Waals surface area contributed by atoms with E-state index in [9.17, 15) is 29.1 Å². The van der Waals surface area contributed by atoms with Crippen molar-refractivity contribution in [2.24, 2.45) is 34.6 Å². The highest BCUT2D eigenvalue weighted by Gasteiger charge is 2.68. The fraction of sp³-hybridized carbons (Fsp3) is 0.541. The van der Waals surface area contributed by atoms with Gasteiger partial charge in [0.1, 0.15) is 11.8 Å². The van der Waals surface area contributed by atoms with Crippen molar-refractivity contribution in [2.75, 3.05) is 20.2 Å². The Morgan fingerprint density at radius 3 is 2.24 bits per heavy atom. The molecular weight excluding hydrogens is 662 g/mol. The lowest BCUT2D eigenvalue weighted by molar-refractivity contribution is -0.188. The molecule has 4 bridgehead atoms. The lowest BCUT2D eigenvalue weighted by Gasteiger charge is -2.63. The summed E-state index contributed by atoms with van der Waals surface area (Å²) in [6.07, 6.45) is 4.86. The molecule has 3 unspecified atom stereocenters. The molecule has 4 saturated carbocycles. The molecule has 5 fully saturated rings. The molecule has 0 spiro atoms. The number of hydrogen-bond acceptors (Lipinski definition) is 9. The summed E-state index contributed by atoms with van der Waals surface area (Å²) in [6.45, 7) is -0.0356. The lowest BCUT2D eigenvalue weighted by Crippen LogP contribution is -2.72. The van der Waals surface area contributed by atoms with Crippen molar-refractivity contribution >= 4 is 41.9 Å². The van der Waals surface area contributed by atoms with Crippen LogP contribution in [0, 0.1) is 23.2 Å². The Morgan fingerprint density at radius 2 is 1.60 bits per heavy atom. The van der Waals surface area contributed by atoms with E-state index in [1.807, 2.05) is 30.3 Å². The highest BCUT2D eigenvalue weighted by molar-refractivity contribution is 5.98. The van der Waals surface area contributed by atoms with Crippen molar-refractivity contribution in [3.63, 3.8) is 0 Å². The van der Waals surface area contributed by atoms with Gasteiger partial charge < -0.3 is 36.8 Å². The average Bonchev–Trinajstić information content (AvgIpc) is 3.57. The lowest BCUT2D eigenvalue weighted by atomic mass is 9.41. The van der Waals surface area contributed by atoms with Gasteiger partial charge in [-0.2, -0.15) is 0 Å². The molecule has 2 aromatic rings. The van der Waals surface area contributed by atoms with Gasteiger partial charge in [0.15, 0.2) is 5.78 Å². The molecule has 3 amide bonds. The third kappa shape index (κ3) is 7.38. The summed E-state index contributed by atoms with van der Waals surface area (Å²) < 4.78 is 5.30. The highest BCUT2D eigenvalue weighted by atomic mass is 35.5. The Bertz CT molecular complexity index is 1570. The second-order valence-corrected chi connectivity index (χ2v) is 14.7. The van der Waals surface area contributed by atoms with Gasteiger partial charge in [0.2, 0.25) is 17.7 Å². The normalized spacial score (nSPS) is 29.0. The standard InChI is InChI=1S/C37H47N5O7.ClH/c1-49-35(48)36-17-24-14-25(18-36)20-37(39,19-24)32(36)31(45)28(16-22-6-3-2-4-7-22)41-30(44)21-40-33(46)29-8-5-13-42(29)34(47)27(38)15-23-9-11-26(43)12-10-23;/h2-4,6-7,9-12,24-25,27-29,32,43H,5,8,13-21,38-39H2,1H3,(H,40,46)(H,41,44);1H/t24?,25?,27-,28-,29+,32?,36?,37?;/m0./s1. The largest absolute Gasteiger partial charge is 0.508 e. The summed E-state index contributed by atoms with van der Waals surface area (Å²) >= 11 is 0. The third-order valence-electron chi connectivity index (χ3n) is 11.2. The number of ether oxygens (including phenoxy) is 1. The molecule has 50 heavy (non-hydrogen) atoms. The van der Waals surface area contributed by atoms with Crippen molar-refractivity contribution in [2.45, 2.75) is 81.5 Å². The van der Waals surface area contributed by atoms with Gasteiger partial charge in [-0.1, -0.05) is 42.5 Å². The Balaban J connectivity index is 0.00000486. The van der Waals surface area contributed by atoms with Crippen molar-refractivity contribution in [1.82, 2.24) is 15.5 Å². The van der Waals surface area contributed by atoms with Crippen LogP contribution in [-0.2, 0) is 41.6 Å². The van der Waals surface area contributed by atoms with Crippen LogP contribution in [0.3, 0.4) is 0 Å². The summed E-state index contributed by atoms with van der Waals surface area (Å²) in [5.41, 5.74) is 13.0. The molecule has 0 radical (unpaired) electrons. The SMILES string of the molecule is COC(=O)C12CC3CC(CC(N)(C3)C1C(=O)[C@H](Cc1ccccc1)NC(=O)CNC(=O)[C@H]1CCCN1C(=O)[C@@H](N)Cc1ccc(O)cc1)C2.Cl. The van der Waals surface area contributed by atoms with E-state index in [-0.39, 0.29) is 54.5 Å². The molecule has 1 aliphatic heterocycles. The number of ketones is 1. The minimum Gasteiger partial charge on any atom is -0.508 e. The molecule has 0 aromatic heterocycles. The summed E-state index contributed by atoms with van der Waals surface area (Å²) in [4.78, 5) is 69.5. The number of carbonyl (C=O) groups is 5. The predicted octanol–water partition coefficient (Wildman–Crippen LogP) is 1.78. The number of hydrogen-bond donors (Lipinski definition) is 5. The maximum Gasteiger partial charge on any atom is 0.312 e. The monoisotopic (exact) mass is 709 g/mol. The average molecular weight is 710 g/mol. The number of methoxy groups -OCH3 is 1. The summed E-state index contributed by atoms with van der Waals surface area (Å²) in [7, 11) is 1.35. The molecule has 7 N–H and O–H groups in total. The smallest absolute Gasteiger partial charge is 0.312 e. The molecule has 5 aliphatic rings. The van der Waals surface area contributed by atoms with Gasteiger partial charge in [0.25, 0.3) is 0 Å². The van der Waals surface area contributed by atoms with Crippen LogP contribution in [0.5, 0.6) is 5.75 Å². The fourth-order valence-electron chi connectivity index (χ4n) is 9.58. The summed E-state index contributed by atoms with van der Waals surface area (Å²) in [6, 6.07) is 13.1. The predicted molar refractivity (Wildman–Crippen MR) is 187 cm³/mol. The number of phenolic OH excluding ortho intramolecular Hbond substituents is 1. The van der Waals surface area contributed by atoms with E-state index in [0.717, 1.165) is 17.5 Å². The maximum absolute atomic E-state index is 14.6. The first kappa shape index (κ1) is 37.3. The minimum atomic E-state index is -1.03. The second kappa shape index (κ2) is 15.1. The minimum absolute atomic E-state index is 0. The zero-order chi connectivity index (χ0) is 34.9. The quantitative estimate of drug-likeness (QED) is 0.204. The highest BCUT2D eigenvalue weighted by Crippen LogP contribution is 2.64. The van der Waals surface area contributed by atoms with Crippen LogP contribution < -0.4 is 22.1 Å². The van der Waals surface area contributed by atoms with E-state index in [1.165, 1.54) is 24.1 Å². The molecule has 12 nitrogen and oxygen atoms in total. The van der Waals surface area contributed by atoms with Gasteiger partial charge in [-0.15, -0.1) is 12.4 Å². The van der Waals surface area contributed by atoms with Crippen LogP contribution in [0.25, 0.3) is 0 Å². The van der Waals surface area contributed by atoms with Crippen molar-refractivity contribution in [3.05, 3.63) is 65.7 Å². The first-order chi connectivity index (χ1) is 23.4. The van der Waals surface area contributed by atoms with Gasteiger partial charge in [0.05, 0.1) is 37.1 Å². The number of benzene rings is 2. The van der Waals surface area contributed by atoms with Crippen molar-refractivity contribution in [1.29, 1.82) is 0 Å². The van der Waals surface area contributed by atoms with E-state index >= 15 is 0 Å². The molecule has 13 heteroatoms. The van der Waals surface area contributed by atoms with Gasteiger partial charge in [-0.05, 0) is 92.9 Å². The third-order valence-corrected chi connectivity index (χ3v) is 11.2. The number of amides is 3. The Labute approximate surface area is 298 Å². The Hall–Kier alpha value is -4.00. The number of aromatic hydroxyl groups is 1. The van der Waals surface area contributed by atoms with E-state index < -0.39 is 59.3 Å². The fourth-order valence-corrected chi connectivity index (χ4v) is 9.58. The second-order valence-electron chi connectivity index (χ2n) is 14.7. The maximum atomic E-state index is 14.6. The molecule has 7 rings (SSSR count). The van der Waals surface area contributed by atoms with Gasteiger partial charge in [-0.3, -0.25) is 24.0 Å². The van der Waals surface area contributed by atoms with E-state index in [4.69, 9.17) is 16.2 Å². The van der Waals surface area contributed by atoms with Crippen LogP contribution in [0.4, 0.5) is 0 Å². The molecule has 1 heterocycles. The number of likely N-dealkylation sites (tertiary alicyclic amines) is 1. The first-order valence-electron chi connectivity index (χ1n) is 17.3. The number of Topliss-reactive ketones (excluding diaryl/α,β-unsaturated/α-hetero) is 1. The number of nitrogens with zero attached hydrogens (tertiary/aromatic N) is 1. The van der Waals surface area contributed by atoms with Crippen LogP contribution in [-0.4, -0.2) is 83.3 Å². The number of nitrogens with one attached hydrogen (secondary N) is 2. The molecule has 4 aliphatic carbocycles. The first-order valence-corrected chi connectivity index (χ1v) is 17.3. The zero-order valence-electron chi connectivity index (χ0n) is 28.3. The van der Waals surface area contributed by atoms with E-state index in [2.05, 4.69) is 10.6 Å². The molecular formula is C37H48ClN5O7. The number of nitrogens with two attached hydrogens (primary N) is 2. The number of phenols is 1. The van der Waals surface area contributed by atoms with Gasteiger partial charge in [-0.25, -0.2) is 0 Å². The zero-order valence-corrected chi connectivity index (χ0v) is 29.2. The molecule has 270 valence electrons. The van der Waals surface area contributed by atoms with Gasteiger partial charge >= 0.3 is 5.97 Å². The number of carbonyl (C=O) groups excluding carboxylic acids is 5. The van der Waals surface area contributed by atoms with Crippen LogP contribution in [0.2, 0.25) is 0 Å². The molecule has 2 aromatic carbocycles. The van der Waals surface area contributed by atoms with E-state index in [1.54, 1.807) is 12.1 Å². The van der Waals surface area contributed by atoms with Crippen LogP contribution >= 0.6 is 12.4 Å². The van der Waals surface area contributed by atoms with E-state index in [0.29, 0.717) is 45.1 Å². The molecule has 6 atom stereocenters. The topological polar surface area (TPSA) is 194 Å². The summed E-state index contributed by atoms with van der Waals surface area (Å²) in [5, 5.41) is 15.1. The molecule has 1 saturated heterocycles. The number of esters is 1. The number of rotatable bonds is 12. The summed E-state index contributed by atoms with van der Waals surface area (Å²) in [5.74, 6) is -2.30. The van der Waals surface area contributed by atoms with Crippen molar-refractivity contribution < 1.29 is 33.8 Å².